The van der Waals surface area contributed by atoms with Crippen molar-refractivity contribution in [2.24, 2.45) is 11.8 Å². The Labute approximate surface area is 177 Å². The van der Waals surface area contributed by atoms with E-state index in [2.05, 4.69) is 46.4 Å². The zero-order valence-corrected chi connectivity index (χ0v) is 19.2. The second kappa shape index (κ2) is 11.7. The predicted molar refractivity (Wildman–Crippen MR) is 118 cm³/mol. The molecule has 2 atom stereocenters. The molecule has 0 spiro atoms. The fourth-order valence-corrected chi connectivity index (χ4v) is 4.13. The first-order chi connectivity index (χ1) is 12.8. The molecule has 1 heterocycles. The summed E-state index contributed by atoms with van der Waals surface area (Å²) in [5, 5.41) is 0. The quantitative estimate of drug-likeness (QED) is 0.302. The van der Waals surface area contributed by atoms with Gasteiger partial charge in [-0.2, -0.15) is 0 Å². The summed E-state index contributed by atoms with van der Waals surface area (Å²) in [5.74, 6) is 2.75. The van der Waals surface area contributed by atoms with E-state index in [0.29, 0.717) is 12.4 Å². The van der Waals surface area contributed by atoms with Crippen LogP contribution in [0.4, 0.5) is 4.79 Å². The highest BCUT2D eigenvalue weighted by Crippen LogP contribution is 2.34. The van der Waals surface area contributed by atoms with E-state index in [1.54, 1.807) is 0 Å². The van der Waals surface area contributed by atoms with Crippen LogP contribution in [0, 0.1) is 11.8 Å². The number of benzene rings is 1. The van der Waals surface area contributed by atoms with Gasteiger partial charge in [-0.05, 0) is 47.6 Å². The van der Waals surface area contributed by atoms with Crippen molar-refractivity contribution in [1.82, 2.24) is 4.90 Å². The smallest absolute Gasteiger partial charge is 0.434 e. The fourth-order valence-electron chi connectivity index (χ4n) is 4.13. The van der Waals surface area contributed by atoms with E-state index in [1.807, 2.05) is 18.2 Å². The van der Waals surface area contributed by atoms with Crippen LogP contribution in [0.25, 0.3) is 0 Å². The van der Waals surface area contributed by atoms with Gasteiger partial charge in [-0.25, -0.2) is 4.79 Å². The number of hydrogen-bond acceptors (Lipinski definition) is 4. The minimum Gasteiger partial charge on any atom is -0.434 e. The van der Waals surface area contributed by atoms with E-state index in [1.165, 1.54) is 6.42 Å². The Kier molecular flexibility index (Phi) is 10.3. The number of carbonyl (C=O) groups is 1. The molecule has 2 unspecified atom stereocenters. The van der Waals surface area contributed by atoms with Crippen molar-refractivity contribution in [2.75, 3.05) is 26.2 Å². The van der Waals surface area contributed by atoms with Crippen molar-refractivity contribution in [3.63, 3.8) is 0 Å². The van der Waals surface area contributed by atoms with Crippen LogP contribution in [0.2, 0.25) is 0 Å². The third-order valence-corrected chi connectivity index (χ3v) is 5.29. The van der Waals surface area contributed by atoms with E-state index >= 15 is 0 Å². The van der Waals surface area contributed by atoms with E-state index in [4.69, 9.17) is 9.47 Å². The number of carbonyl (C=O) groups excluding carboxylic acids is 1. The van der Waals surface area contributed by atoms with Gasteiger partial charge in [0.25, 0.3) is 0 Å². The predicted octanol–water partition coefficient (Wildman–Crippen LogP) is 6.24. The molecule has 0 aromatic heterocycles. The molecule has 28 heavy (non-hydrogen) atoms. The summed E-state index contributed by atoms with van der Waals surface area (Å²) in [5.41, 5.74) is 2.10. The average molecular weight is 412 g/mol. The first kappa shape index (κ1) is 24.8. The van der Waals surface area contributed by atoms with Gasteiger partial charge < -0.3 is 14.4 Å². The SMILES string of the molecule is CC1CC(C)CN(CCCOC(=O)Oc2c(C(C)C)cccc2C(C)C)C1.Cl. The molecule has 1 aromatic carbocycles. The van der Waals surface area contributed by atoms with Crippen LogP contribution >= 0.6 is 12.4 Å². The number of likely N-dealkylation sites (tertiary alicyclic amines) is 1. The molecule has 1 aliphatic rings. The summed E-state index contributed by atoms with van der Waals surface area (Å²) in [6.07, 6.45) is 1.56. The third-order valence-electron chi connectivity index (χ3n) is 5.29. The minimum atomic E-state index is -0.592. The van der Waals surface area contributed by atoms with Crippen LogP contribution in [0.15, 0.2) is 18.2 Å². The Morgan fingerprint density at radius 1 is 1.07 bits per heavy atom. The molecule has 1 aromatic rings. The first-order valence-corrected chi connectivity index (χ1v) is 10.5. The molecule has 0 radical (unpaired) electrons. The topological polar surface area (TPSA) is 38.8 Å². The standard InChI is InChI=1S/C23H37NO3.ClH/c1-16(2)20-9-7-10-21(17(3)4)22(20)27-23(25)26-12-8-11-24-14-18(5)13-19(6)15-24;/h7,9-10,16-19H,8,11-15H2,1-6H3;1H. The molecular weight excluding hydrogens is 374 g/mol. The molecule has 0 aliphatic carbocycles. The molecule has 160 valence electrons. The summed E-state index contributed by atoms with van der Waals surface area (Å²) in [7, 11) is 0. The van der Waals surface area contributed by atoms with Crippen molar-refractivity contribution in [3.05, 3.63) is 29.3 Å². The summed E-state index contributed by atoms with van der Waals surface area (Å²) in [4.78, 5) is 14.7. The lowest BCUT2D eigenvalue weighted by molar-refractivity contribution is 0.0862. The van der Waals surface area contributed by atoms with Crippen LogP contribution < -0.4 is 4.74 Å². The van der Waals surface area contributed by atoms with Crippen molar-refractivity contribution >= 4 is 18.6 Å². The molecule has 0 amide bonds. The zero-order chi connectivity index (χ0) is 20.0. The number of hydrogen-bond donors (Lipinski definition) is 0. The minimum absolute atomic E-state index is 0. The number of rotatable bonds is 7. The van der Waals surface area contributed by atoms with Crippen molar-refractivity contribution in [2.45, 2.75) is 66.2 Å². The van der Waals surface area contributed by atoms with E-state index in [-0.39, 0.29) is 24.2 Å². The molecule has 0 bridgehead atoms. The lowest BCUT2D eigenvalue weighted by atomic mass is 9.92. The molecule has 0 N–H and O–H groups in total. The third kappa shape index (κ3) is 7.29. The molecule has 5 heteroatoms. The van der Waals surface area contributed by atoms with Crippen LogP contribution in [0.3, 0.4) is 0 Å². The van der Waals surface area contributed by atoms with Gasteiger partial charge in [-0.1, -0.05) is 59.7 Å². The fraction of sp³-hybridized carbons (Fsp3) is 0.696. The molecule has 1 aliphatic heterocycles. The Morgan fingerprint density at radius 2 is 1.61 bits per heavy atom. The number of halogens is 1. The second-order valence-corrected chi connectivity index (χ2v) is 8.83. The molecule has 0 saturated carbocycles. The summed E-state index contributed by atoms with van der Waals surface area (Å²) >= 11 is 0. The molecular formula is C23H38ClNO3. The van der Waals surface area contributed by atoms with Crippen LogP contribution in [0.5, 0.6) is 5.75 Å². The van der Waals surface area contributed by atoms with E-state index in [0.717, 1.165) is 49.0 Å². The molecule has 4 nitrogen and oxygen atoms in total. The molecule has 1 saturated heterocycles. The van der Waals surface area contributed by atoms with Crippen LogP contribution in [-0.4, -0.2) is 37.3 Å². The van der Waals surface area contributed by atoms with Crippen molar-refractivity contribution in [1.29, 1.82) is 0 Å². The Morgan fingerprint density at radius 3 is 2.11 bits per heavy atom. The maximum absolute atomic E-state index is 12.3. The highest BCUT2D eigenvalue weighted by atomic mass is 35.5. The van der Waals surface area contributed by atoms with Crippen molar-refractivity contribution in [3.8, 4) is 5.75 Å². The maximum Gasteiger partial charge on any atom is 0.513 e. The van der Waals surface area contributed by atoms with E-state index in [9.17, 15) is 4.79 Å². The normalized spacial score (nSPS) is 20.1. The van der Waals surface area contributed by atoms with Gasteiger partial charge in [-0.3, -0.25) is 0 Å². The summed E-state index contributed by atoms with van der Waals surface area (Å²) in [6.45, 7) is 16.7. The first-order valence-electron chi connectivity index (χ1n) is 10.5. The highest BCUT2D eigenvalue weighted by molar-refractivity contribution is 5.85. The second-order valence-electron chi connectivity index (χ2n) is 8.83. The maximum atomic E-state index is 12.3. The number of ether oxygens (including phenoxy) is 2. The lowest BCUT2D eigenvalue weighted by Gasteiger charge is -2.34. The van der Waals surface area contributed by atoms with Gasteiger partial charge in [0.15, 0.2) is 0 Å². The summed E-state index contributed by atoms with van der Waals surface area (Å²) < 4.78 is 11.0. The number of nitrogens with zero attached hydrogens (tertiary/aromatic N) is 1. The van der Waals surface area contributed by atoms with Crippen LogP contribution in [0.1, 0.15) is 77.3 Å². The average Bonchev–Trinajstić information content (AvgIpc) is 2.57. The van der Waals surface area contributed by atoms with Gasteiger partial charge >= 0.3 is 6.16 Å². The van der Waals surface area contributed by atoms with E-state index < -0.39 is 6.16 Å². The van der Waals surface area contributed by atoms with Gasteiger partial charge in [0, 0.05) is 19.6 Å². The summed E-state index contributed by atoms with van der Waals surface area (Å²) in [6, 6.07) is 6.08. The largest absolute Gasteiger partial charge is 0.513 e. The highest BCUT2D eigenvalue weighted by Gasteiger charge is 2.22. The van der Waals surface area contributed by atoms with Crippen LogP contribution in [-0.2, 0) is 4.74 Å². The molecule has 2 rings (SSSR count). The molecule has 1 fully saturated rings. The number of para-hydroxylation sites is 1. The lowest BCUT2D eigenvalue weighted by Crippen LogP contribution is -2.39. The Hall–Kier alpha value is -1.26. The Balaban J connectivity index is 0.00000392. The Bertz CT molecular complexity index is 582. The van der Waals surface area contributed by atoms with Gasteiger partial charge in [0.05, 0.1) is 6.61 Å². The zero-order valence-electron chi connectivity index (χ0n) is 18.4. The monoisotopic (exact) mass is 411 g/mol. The van der Waals surface area contributed by atoms with Gasteiger partial charge in [0.1, 0.15) is 5.75 Å². The van der Waals surface area contributed by atoms with Gasteiger partial charge in [-0.15, -0.1) is 12.4 Å². The van der Waals surface area contributed by atoms with Crippen molar-refractivity contribution < 1.29 is 14.3 Å². The van der Waals surface area contributed by atoms with Gasteiger partial charge in [0.2, 0.25) is 0 Å². The number of piperidine rings is 1.